The Morgan fingerprint density at radius 3 is 2.52 bits per heavy atom. The molecule has 0 saturated heterocycles. The third-order valence-corrected chi connectivity index (χ3v) is 5.08. The second-order valence-electron chi connectivity index (χ2n) is 6.83. The molecule has 23 heavy (non-hydrogen) atoms. The number of rotatable bonds is 9. The molecule has 128 valence electrons. The zero-order valence-corrected chi connectivity index (χ0v) is 15.1. The second kappa shape index (κ2) is 9.17. The first-order chi connectivity index (χ1) is 11.2. The van der Waals surface area contributed by atoms with E-state index in [1.807, 2.05) is 0 Å². The van der Waals surface area contributed by atoms with E-state index in [2.05, 4.69) is 49.0 Å². The molecule has 0 radical (unpaired) electrons. The van der Waals surface area contributed by atoms with Crippen molar-refractivity contribution in [2.24, 2.45) is 5.18 Å². The fourth-order valence-corrected chi connectivity index (χ4v) is 4.01. The van der Waals surface area contributed by atoms with E-state index >= 15 is 0 Å². The van der Waals surface area contributed by atoms with E-state index in [1.165, 1.54) is 49.0 Å². The van der Waals surface area contributed by atoms with Crippen LogP contribution in [0, 0.1) is 4.91 Å². The Bertz CT molecular complexity index is 494. The van der Waals surface area contributed by atoms with E-state index in [-0.39, 0.29) is 6.04 Å². The van der Waals surface area contributed by atoms with E-state index in [0.29, 0.717) is 6.04 Å². The second-order valence-corrected chi connectivity index (χ2v) is 6.83. The van der Waals surface area contributed by atoms with E-state index in [1.54, 1.807) is 0 Å². The van der Waals surface area contributed by atoms with Crippen molar-refractivity contribution in [3.05, 3.63) is 39.8 Å². The third kappa shape index (κ3) is 4.41. The van der Waals surface area contributed by atoms with Crippen molar-refractivity contribution in [3.8, 4) is 0 Å². The minimum Gasteiger partial charge on any atom is -0.300 e. The predicted octanol–water partition coefficient (Wildman–Crippen LogP) is 5.27. The van der Waals surface area contributed by atoms with Gasteiger partial charge in [-0.05, 0) is 68.3 Å². The highest BCUT2D eigenvalue weighted by Gasteiger charge is 2.27. The summed E-state index contributed by atoms with van der Waals surface area (Å²) >= 11 is 0. The molecule has 1 aliphatic rings. The molecule has 0 aliphatic heterocycles. The number of hydrogen-bond donors (Lipinski definition) is 0. The van der Waals surface area contributed by atoms with Crippen LogP contribution in [0.25, 0.3) is 0 Å². The van der Waals surface area contributed by atoms with Gasteiger partial charge in [0.25, 0.3) is 0 Å². The Hall–Kier alpha value is -1.22. The Balaban J connectivity index is 2.25. The Morgan fingerprint density at radius 2 is 1.91 bits per heavy atom. The molecule has 1 aromatic rings. The van der Waals surface area contributed by atoms with Gasteiger partial charge in [0.1, 0.15) is 6.04 Å². The molecule has 0 fully saturated rings. The van der Waals surface area contributed by atoms with Gasteiger partial charge < -0.3 is 4.90 Å². The van der Waals surface area contributed by atoms with Crippen LogP contribution in [0.5, 0.6) is 0 Å². The van der Waals surface area contributed by atoms with Crippen molar-refractivity contribution in [1.82, 2.24) is 4.90 Å². The Kier molecular flexibility index (Phi) is 7.22. The minimum atomic E-state index is -0.167. The summed E-state index contributed by atoms with van der Waals surface area (Å²) in [6.45, 7) is 9.01. The summed E-state index contributed by atoms with van der Waals surface area (Å²) in [4.78, 5) is 14.0. The number of fused-ring (bicyclic) bond motifs is 1. The summed E-state index contributed by atoms with van der Waals surface area (Å²) in [7, 11) is 0. The molecule has 0 saturated carbocycles. The highest BCUT2D eigenvalue weighted by molar-refractivity contribution is 5.40. The first-order valence-corrected chi connectivity index (χ1v) is 9.42. The lowest BCUT2D eigenvalue weighted by atomic mass is 9.82. The van der Waals surface area contributed by atoms with Crippen LogP contribution in [0.4, 0.5) is 0 Å². The topological polar surface area (TPSA) is 32.7 Å². The average Bonchev–Trinajstić information content (AvgIpc) is 2.58. The van der Waals surface area contributed by atoms with Crippen LogP contribution in [-0.4, -0.2) is 24.0 Å². The summed E-state index contributed by atoms with van der Waals surface area (Å²) in [6, 6.07) is 6.94. The first kappa shape index (κ1) is 18.1. The van der Waals surface area contributed by atoms with Crippen LogP contribution >= 0.6 is 0 Å². The summed E-state index contributed by atoms with van der Waals surface area (Å²) in [5, 5.41) is 3.44. The Labute approximate surface area is 141 Å². The van der Waals surface area contributed by atoms with Gasteiger partial charge in [0.05, 0.1) is 0 Å². The van der Waals surface area contributed by atoms with E-state index < -0.39 is 0 Å². The summed E-state index contributed by atoms with van der Waals surface area (Å²) in [5.41, 5.74) is 4.05. The van der Waals surface area contributed by atoms with Gasteiger partial charge in [-0.1, -0.05) is 50.6 Å². The maximum atomic E-state index is 11.3. The van der Waals surface area contributed by atoms with Crippen molar-refractivity contribution < 1.29 is 0 Å². The molecule has 2 unspecified atom stereocenters. The predicted molar refractivity (Wildman–Crippen MR) is 97.9 cm³/mol. The van der Waals surface area contributed by atoms with E-state index in [0.717, 1.165) is 25.7 Å². The van der Waals surface area contributed by atoms with Crippen LogP contribution in [0.15, 0.2) is 23.4 Å². The van der Waals surface area contributed by atoms with Crippen molar-refractivity contribution in [3.63, 3.8) is 0 Å². The zero-order valence-electron chi connectivity index (χ0n) is 15.1. The van der Waals surface area contributed by atoms with E-state index in [4.69, 9.17) is 0 Å². The molecular weight excluding hydrogens is 284 g/mol. The van der Waals surface area contributed by atoms with Crippen molar-refractivity contribution in [2.45, 2.75) is 77.8 Å². The summed E-state index contributed by atoms with van der Waals surface area (Å²) < 4.78 is 0. The molecule has 3 nitrogen and oxygen atoms in total. The molecule has 2 rings (SSSR count). The molecule has 2 atom stereocenters. The van der Waals surface area contributed by atoms with Gasteiger partial charge in [-0.2, -0.15) is 4.91 Å². The standard InChI is InChI=1S/C20H32N2O/c1-4-8-20(21-23)18-10-7-9-16-11-12-17(15-19(16)18)22(13-5-2)14-6-3/h7,9-10,17,20H,4-6,8,11-15H2,1-3H3. The monoisotopic (exact) mass is 316 g/mol. The summed E-state index contributed by atoms with van der Waals surface area (Å²) in [6.07, 6.45) is 7.73. The molecule has 3 heteroatoms. The normalized spacial score (nSPS) is 18.7. The largest absolute Gasteiger partial charge is 0.300 e. The fraction of sp³-hybridized carbons (Fsp3) is 0.700. The minimum absolute atomic E-state index is 0.167. The van der Waals surface area contributed by atoms with Crippen LogP contribution in [0.2, 0.25) is 0 Å². The maximum absolute atomic E-state index is 11.3. The first-order valence-electron chi connectivity index (χ1n) is 9.42. The average molecular weight is 316 g/mol. The zero-order chi connectivity index (χ0) is 16.7. The summed E-state index contributed by atoms with van der Waals surface area (Å²) in [5.74, 6) is 0. The van der Waals surface area contributed by atoms with E-state index in [9.17, 15) is 4.91 Å². The molecule has 0 heterocycles. The van der Waals surface area contributed by atoms with Crippen molar-refractivity contribution in [1.29, 1.82) is 0 Å². The van der Waals surface area contributed by atoms with Gasteiger partial charge in [-0.3, -0.25) is 0 Å². The van der Waals surface area contributed by atoms with Crippen LogP contribution in [-0.2, 0) is 12.8 Å². The molecule has 0 aromatic heterocycles. The van der Waals surface area contributed by atoms with Gasteiger partial charge >= 0.3 is 0 Å². The smallest absolute Gasteiger partial charge is 0.117 e. The van der Waals surface area contributed by atoms with Crippen molar-refractivity contribution in [2.75, 3.05) is 13.1 Å². The molecular formula is C20H32N2O. The molecule has 0 spiro atoms. The lowest BCUT2D eigenvalue weighted by Crippen LogP contribution is -2.40. The third-order valence-electron chi connectivity index (χ3n) is 5.08. The van der Waals surface area contributed by atoms with Crippen molar-refractivity contribution >= 4 is 0 Å². The SMILES string of the molecule is CCCC(N=O)c1cccc2c1CC(N(CCC)CCC)CC2. The number of hydrogen-bond acceptors (Lipinski definition) is 3. The molecule has 1 aliphatic carbocycles. The van der Waals surface area contributed by atoms with Crippen LogP contribution in [0.3, 0.4) is 0 Å². The number of benzene rings is 1. The number of nitroso groups, excluding NO2 is 1. The molecule has 0 amide bonds. The van der Waals surface area contributed by atoms with Gasteiger partial charge in [0.2, 0.25) is 0 Å². The molecule has 0 bridgehead atoms. The lowest BCUT2D eigenvalue weighted by molar-refractivity contribution is 0.179. The highest BCUT2D eigenvalue weighted by atomic mass is 16.3. The van der Waals surface area contributed by atoms with Gasteiger partial charge in [-0.25, -0.2) is 0 Å². The molecule has 1 aromatic carbocycles. The molecule has 0 N–H and O–H groups in total. The fourth-order valence-electron chi connectivity index (χ4n) is 4.01. The number of nitrogens with zero attached hydrogens (tertiary/aromatic N) is 2. The van der Waals surface area contributed by atoms with Crippen LogP contribution in [0.1, 0.15) is 75.6 Å². The maximum Gasteiger partial charge on any atom is 0.117 e. The van der Waals surface area contributed by atoms with Crippen LogP contribution < -0.4 is 0 Å². The Morgan fingerprint density at radius 1 is 1.17 bits per heavy atom. The van der Waals surface area contributed by atoms with Gasteiger partial charge in [0.15, 0.2) is 0 Å². The van der Waals surface area contributed by atoms with Gasteiger partial charge in [-0.15, -0.1) is 0 Å². The quantitative estimate of drug-likeness (QED) is 0.581. The lowest BCUT2D eigenvalue weighted by Gasteiger charge is -2.36. The highest BCUT2D eigenvalue weighted by Crippen LogP contribution is 2.33. The van der Waals surface area contributed by atoms with Gasteiger partial charge in [0, 0.05) is 6.04 Å². The number of aryl methyl sites for hydroxylation is 1.